The van der Waals surface area contributed by atoms with Gasteiger partial charge in [-0.3, -0.25) is 4.79 Å². The number of anilines is 2. The molecule has 0 saturated heterocycles. The quantitative estimate of drug-likeness (QED) is 0.610. The van der Waals surface area contributed by atoms with Crippen LogP contribution in [0.1, 0.15) is 21.7 Å². The lowest BCUT2D eigenvalue weighted by Gasteiger charge is -2.10. The average molecular weight is 392 g/mol. The van der Waals surface area contributed by atoms with Crippen LogP contribution in [0.15, 0.2) is 54.6 Å². The largest absolute Gasteiger partial charge is 0.497 e. The highest BCUT2D eigenvalue weighted by atomic mass is 16.5. The molecule has 0 radical (unpaired) electrons. The zero-order chi connectivity index (χ0) is 20.6. The molecular formula is C22H24N4O3. The number of aryl methyl sites for hydroxylation is 1. The molecule has 2 N–H and O–H groups in total. The van der Waals surface area contributed by atoms with Crippen LogP contribution in [0, 0.1) is 6.92 Å². The van der Waals surface area contributed by atoms with Gasteiger partial charge in [0.1, 0.15) is 17.2 Å². The summed E-state index contributed by atoms with van der Waals surface area (Å²) in [5.41, 5.74) is 2.92. The third-order valence-electron chi connectivity index (χ3n) is 4.27. The van der Waals surface area contributed by atoms with E-state index >= 15 is 0 Å². The lowest BCUT2D eigenvalue weighted by atomic mass is 10.1. The van der Waals surface area contributed by atoms with Crippen LogP contribution in [0.5, 0.6) is 11.5 Å². The number of benzene rings is 2. The number of amides is 1. The van der Waals surface area contributed by atoms with Gasteiger partial charge in [0.15, 0.2) is 0 Å². The minimum Gasteiger partial charge on any atom is -0.497 e. The van der Waals surface area contributed by atoms with E-state index in [1.54, 1.807) is 20.3 Å². The van der Waals surface area contributed by atoms with E-state index in [1.807, 2.05) is 55.5 Å². The van der Waals surface area contributed by atoms with Crippen molar-refractivity contribution in [1.29, 1.82) is 0 Å². The molecule has 0 unspecified atom stereocenters. The van der Waals surface area contributed by atoms with Crippen LogP contribution in [-0.2, 0) is 6.42 Å². The summed E-state index contributed by atoms with van der Waals surface area (Å²) in [6.07, 6.45) is 0.698. The molecule has 3 aromatic rings. The fraction of sp³-hybridized carbons (Fsp3) is 0.227. The Morgan fingerprint density at radius 1 is 0.966 bits per heavy atom. The number of aromatic nitrogens is 2. The molecule has 0 bridgehead atoms. The van der Waals surface area contributed by atoms with Crippen LogP contribution >= 0.6 is 0 Å². The molecule has 150 valence electrons. The summed E-state index contributed by atoms with van der Waals surface area (Å²) in [6, 6.07) is 16.8. The first-order valence-electron chi connectivity index (χ1n) is 9.25. The Morgan fingerprint density at radius 2 is 1.72 bits per heavy atom. The van der Waals surface area contributed by atoms with Gasteiger partial charge in [0, 0.05) is 17.9 Å². The van der Waals surface area contributed by atoms with Crippen molar-refractivity contribution in [3.05, 3.63) is 71.5 Å². The number of nitrogens with zero attached hydrogens (tertiary/aromatic N) is 2. The standard InChI is InChI=1S/C22H24N4O3/c1-15-13-20(21(27)23-12-11-16-5-4-6-19(14-16)29-3)26-22(24-15)25-17-7-9-18(28-2)10-8-17/h4-10,13-14H,11-12H2,1-3H3,(H,23,27)(H,24,25,26). The van der Waals surface area contributed by atoms with Crippen molar-refractivity contribution in [2.24, 2.45) is 0 Å². The second-order valence-electron chi connectivity index (χ2n) is 6.43. The molecule has 29 heavy (non-hydrogen) atoms. The molecule has 7 heteroatoms. The van der Waals surface area contributed by atoms with Gasteiger partial charge in [0.2, 0.25) is 5.95 Å². The van der Waals surface area contributed by atoms with Gasteiger partial charge >= 0.3 is 0 Å². The van der Waals surface area contributed by atoms with Gasteiger partial charge in [-0.25, -0.2) is 9.97 Å². The Balaban J connectivity index is 1.62. The number of ether oxygens (including phenoxy) is 2. The lowest BCUT2D eigenvalue weighted by molar-refractivity contribution is 0.0949. The van der Waals surface area contributed by atoms with Gasteiger partial charge in [-0.2, -0.15) is 0 Å². The summed E-state index contributed by atoms with van der Waals surface area (Å²) in [6.45, 7) is 2.32. The lowest BCUT2D eigenvalue weighted by Crippen LogP contribution is -2.27. The smallest absolute Gasteiger partial charge is 0.270 e. The number of nitrogens with one attached hydrogen (secondary N) is 2. The van der Waals surface area contributed by atoms with Crippen LogP contribution in [-0.4, -0.2) is 36.6 Å². The average Bonchev–Trinajstić information content (AvgIpc) is 2.74. The van der Waals surface area contributed by atoms with E-state index in [0.717, 1.165) is 22.7 Å². The molecular weight excluding hydrogens is 368 g/mol. The van der Waals surface area contributed by atoms with Crippen molar-refractivity contribution >= 4 is 17.5 Å². The summed E-state index contributed by atoms with van der Waals surface area (Å²) in [5, 5.41) is 6.02. The van der Waals surface area contributed by atoms with Gasteiger partial charge in [-0.1, -0.05) is 12.1 Å². The molecule has 0 aliphatic rings. The second kappa shape index (κ2) is 9.54. The number of carbonyl (C=O) groups excluding carboxylic acids is 1. The van der Waals surface area contributed by atoms with E-state index in [1.165, 1.54) is 0 Å². The highest BCUT2D eigenvalue weighted by Crippen LogP contribution is 2.18. The zero-order valence-corrected chi connectivity index (χ0v) is 16.7. The fourth-order valence-electron chi connectivity index (χ4n) is 2.78. The maximum atomic E-state index is 12.5. The van der Waals surface area contributed by atoms with Gasteiger partial charge in [-0.05, 0) is 61.4 Å². The first-order valence-corrected chi connectivity index (χ1v) is 9.25. The van der Waals surface area contributed by atoms with Gasteiger partial charge in [-0.15, -0.1) is 0 Å². The highest BCUT2D eigenvalue weighted by molar-refractivity contribution is 5.92. The minimum atomic E-state index is -0.240. The monoisotopic (exact) mass is 392 g/mol. The summed E-state index contributed by atoms with van der Waals surface area (Å²) >= 11 is 0. The zero-order valence-electron chi connectivity index (χ0n) is 16.7. The van der Waals surface area contributed by atoms with Crippen LogP contribution < -0.4 is 20.1 Å². The summed E-state index contributed by atoms with van der Waals surface area (Å²) in [4.78, 5) is 21.2. The Bertz CT molecular complexity index is 974. The van der Waals surface area contributed by atoms with Crippen molar-refractivity contribution in [3.8, 4) is 11.5 Å². The minimum absolute atomic E-state index is 0.240. The van der Waals surface area contributed by atoms with Crippen molar-refractivity contribution in [2.45, 2.75) is 13.3 Å². The van der Waals surface area contributed by atoms with Crippen LogP contribution in [0.25, 0.3) is 0 Å². The summed E-state index contributed by atoms with van der Waals surface area (Å²) in [5.74, 6) is 1.69. The molecule has 3 rings (SSSR count). The van der Waals surface area contributed by atoms with Gasteiger partial charge in [0.25, 0.3) is 5.91 Å². The van der Waals surface area contributed by atoms with E-state index in [0.29, 0.717) is 30.3 Å². The van der Waals surface area contributed by atoms with E-state index in [4.69, 9.17) is 9.47 Å². The number of rotatable bonds is 8. The molecule has 0 spiro atoms. The van der Waals surface area contributed by atoms with Crippen LogP contribution in [0.4, 0.5) is 11.6 Å². The molecule has 0 saturated carbocycles. The highest BCUT2D eigenvalue weighted by Gasteiger charge is 2.11. The number of methoxy groups -OCH3 is 2. The van der Waals surface area contributed by atoms with Crippen molar-refractivity contribution in [3.63, 3.8) is 0 Å². The molecule has 1 heterocycles. The van der Waals surface area contributed by atoms with Gasteiger partial charge < -0.3 is 20.1 Å². The van der Waals surface area contributed by atoms with E-state index in [2.05, 4.69) is 20.6 Å². The van der Waals surface area contributed by atoms with Crippen molar-refractivity contribution in [1.82, 2.24) is 15.3 Å². The van der Waals surface area contributed by atoms with Crippen molar-refractivity contribution < 1.29 is 14.3 Å². The van der Waals surface area contributed by atoms with E-state index in [9.17, 15) is 4.79 Å². The maximum Gasteiger partial charge on any atom is 0.270 e. The normalized spacial score (nSPS) is 10.3. The Labute approximate surface area is 170 Å². The molecule has 2 aromatic carbocycles. The first kappa shape index (κ1) is 20.1. The first-order chi connectivity index (χ1) is 14.1. The molecule has 1 amide bonds. The third-order valence-corrected chi connectivity index (χ3v) is 4.27. The fourth-order valence-corrected chi connectivity index (χ4v) is 2.78. The SMILES string of the molecule is COc1ccc(Nc2nc(C)cc(C(=O)NCCc3cccc(OC)c3)n2)cc1. The van der Waals surface area contributed by atoms with Crippen molar-refractivity contribution in [2.75, 3.05) is 26.1 Å². The van der Waals surface area contributed by atoms with Crippen LogP contribution in [0.2, 0.25) is 0 Å². The van der Waals surface area contributed by atoms with Crippen LogP contribution in [0.3, 0.4) is 0 Å². The Hall–Kier alpha value is -3.61. The van der Waals surface area contributed by atoms with Gasteiger partial charge in [0.05, 0.1) is 14.2 Å². The topological polar surface area (TPSA) is 85.4 Å². The molecule has 0 aliphatic heterocycles. The number of hydrogen-bond acceptors (Lipinski definition) is 6. The molecule has 7 nitrogen and oxygen atoms in total. The summed E-state index contributed by atoms with van der Waals surface area (Å²) in [7, 11) is 3.25. The molecule has 0 atom stereocenters. The third kappa shape index (κ3) is 5.68. The second-order valence-corrected chi connectivity index (χ2v) is 6.43. The number of hydrogen-bond donors (Lipinski definition) is 2. The van der Waals surface area contributed by atoms with E-state index < -0.39 is 0 Å². The van der Waals surface area contributed by atoms with E-state index in [-0.39, 0.29) is 5.91 Å². The molecule has 1 aromatic heterocycles. The predicted molar refractivity (Wildman–Crippen MR) is 112 cm³/mol. The molecule has 0 aliphatic carbocycles. The summed E-state index contributed by atoms with van der Waals surface area (Å²) < 4.78 is 10.4. The maximum absolute atomic E-state index is 12.5. The Kier molecular flexibility index (Phi) is 6.63. The predicted octanol–water partition coefficient (Wildman–Crippen LogP) is 3.52. The Morgan fingerprint density at radius 3 is 2.45 bits per heavy atom. The number of carbonyl (C=O) groups is 1. The molecule has 0 fully saturated rings.